The predicted molar refractivity (Wildman–Crippen MR) is 99.5 cm³/mol. The molecule has 132 valence electrons. The molecule has 5 heteroatoms. The van der Waals surface area contributed by atoms with E-state index in [2.05, 4.69) is 29.2 Å². The Morgan fingerprint density at radius 3 is 2.38 bits per heavy atom. The zero-order valence-electron chi connectivity index (χ0n) is 15.7. The second kappa shape index (κ2) is 7.81. The van der Waals surface area contributed by atoms with Gasteiger partial charge in [0.2, 0.25) is 0 Å². The van der Waals surface area contributed by atoms with Crippen molar-refractivity contribution in [2.75, 3.05) is 25.5 Å². The predicted octanol–water partition coefficient (Wildman–Crippen LogP) is 2.74. The monoisotopic (exact) mass is 330 g/mol. The molecule has 0 bridgehead atoms. The van der Waals surface area contributed by atoms with Gasteiger partial charge in [-0.2, -0.15) is 5.10 Å². The number of anilines is 1. The first-order valence-corrected chi connectivity index (χ1v) is 8.49. The van der Waals surface area contributed by atoms with Crippen LogP contribution in [0.5, 0.6) is 0 Å². The molecular weight excluding hydrogens is 300 g/mol. The Morgan fingerprint density at radius 1 is 1.21 bits per heavy atom. The molecule has 5 nitrogen and oxygen atoms in total. The highest BCUT2D eigenvalue weighted by Crippen LogP contribution is 2.27. The highest BCUT2D eigenvalue weighted by atomic mass is 16.3. The van der Waals surface area contributed by atoms with Gasteiger partial charge in [-0.25, -0.2) is 0 Å². The molecule has 0 aliphatic heterocycles. The van der Waals surface area contributed by atoms with Crippen molar-refractivity contribution in [2.24, 2.45) is 7.05 Å². The van der Waals surface area contributed by atoms with Gasteiger partial charge in [-0.3, -0.25) is 4.68 Å². The largest absolute Gasteiger partial charge is 0.387 e. The summed E-state index contributed by atoms with van der Waals surface area (Å²) in [7, 11) is 6.05. The Labute approximate surface area is 145 Å². The molecule has 2 rings (SSSR count). The molecule has 0 saturated carbocycles. The fourth-order valence-corrected chi connectivity index (χ4v) is 3.01. The lowest BCUT2D eigenvalue weighted by Gasteiger charge is -2.17. The van der Waals surface area contributed by atoms with Crippen LogP contribution in [0.1, 0.15) is 48.3 Å². The van der Waals surface area contributed by atoms with Crippen LogP contribution >= 0.6 is 0 Å². The molecule has 1 aromatic heterocycles. The SMILES string of the molecule is Cc1ccc([C@@H](O)CNCc2c(C(C)C)nn(C)c2N(C)C)cc1. The Morgan fingerprint density at radius 2 is 1.83 bits per heavy atom. The number of aryl methyl sites for hydroxylation is 2. The Balaban J connectivity index is 2.07. The number of aliphatic hydroxyl groups is 1. The highest BCUT2D eigenvalue weighted by molar-refractivity contribution is 5.50. The molecule has 1 heterocycles. The lowest BCUT2D eigenvalue weighted by Crippen LogP contribution is -2.23. The van der Waals surface area contributed by atoms with Gasteiger partial charge in [0, 0.05) is 39.8 Å². The van der Waals surface area contributed by atoms with Gasteiger partial charge in [0.1, 0.15) is 5.82 Å². The van der Waals surface area contributed by atoms with Crippen molar-refractivity contribution < 1.29 is 5.11 Å². The second-order valence-corrected chi connectivity index (χ2v) is 6.92. The molecule has 0 unspecified atom stereocenters. The summed E-state index contributed by atoms with van der Waals surface area (Å²) in [6.45, 7) is 7.58. The standard InChI is InChI=1S/C19H30N4O/c1-13(2)18-16(19(22(4)5)23(6)21-18)11-20-12-17(24)15-9-7-14(3)8-10-15/h7-10,13,17,20,24H,11-12H2,1-6H3/t17-/m0/s1. The first-order chi connectivity index (χ1) is 11.3. The van der Waals surface area contributed by atoms with E-state index in [0.717, 1.165) is 17.1 Å². The minimum atomic E-state index is -0.507. The number of nitrogens with zero attached hydrogens (tertiary/aromatic N) is 3. The molecule has 1 atom stereocenters. The van der Waals surface area contributed by atoms with Crippen molar-refractivity contribution in [1.82, 2.24) is 15.1 Å². The maximum atomic E-state index is 10.4. The first kappa shape index (κ1) is 18.5. The van der Waals surface area contributed by atoms with Crippen molar-refractivity contribution >= 4 is 5.82 Å². The van der Waals surface area contributed by atoms with Gasteiger partial charge >= 0.3 is 0 Å². The van der Waals surface area contributed by atoms with E-state index in [1.807, 2.05) is 57.0 Å². The molecule has 0 fully saturated rings. The normalized spacial score (nSPS) is 12.7. The molecule has 0 aliphatic carbocycles. The fraction of sp³-hybridized carbons (Fsp3) is 0.526. The number of benzene rings is 1. The van der Waals surface area contributed by atoms with Crippen molar-refractivity contribution in [1.29, 1.82) is 0 Å². The second-order valence-electron chi connectivity index (χ2n) is 6.92. The molecule has 0 spiro atoms. The van der Waals surface area contributed by atoms with Crippen molar-refractivity contribution in [3.05, 3.63) is 46.6 Å². The Hall–Kier alpha value is -1.85. The average Bonchev–Trinajstić information content (AvgIpc) is 2.85. The third-order valence-corrected chi connectivity index (χ3v) is 4.22. The molecule has 2 aromatic rings. The van der Waals surface area contributed by atoms with E-state index in [1.54, 1.807) is 0 Å². The van der Waals surface area contributed by atoms with Crippen LogP contribution in [0.4, 0.5) is 5.82 Å². The van der Waals surface area contributed by atoms with Gasteiger partial charge in [0.25, 0.3) is 0 Å². The van der Waals surface area contributed by atoms with Gasteiger partial charge in [-0.05, 0) is 18.4 Å². The van der Waals surface area contributed by atoms with E-state index in [-0.39, 0.29) is 0 Å². The summed E-state index contributed by atoms with van der Waals surface area (Å²) in [5, 5.41) is 18.4. The van der Waals surface area contributed by atoms with Crippen LogP contribution in [0.3, 0.4) is 0 Å². The van der Waals surface area contributed by atoms with Crippen LogP contribution in [0, 0.1) is 6.92 Å². The minimum absolute atomic E-state index is 0.365. The summed E-state index contributed by atoms with van der Waals surface area (Å²) in [6, 6.07) is 8.02. The van der Waals surface area contributed by atoms with Crippen molar-refractivity contribution in [2.45, 2.75) is 39.3 Å². The van der Waals surface area contributed by atoms with E-state index in [1.165, 1.54) is 11.1 Å². The summed E-state index contributed by atoms with van der Waals surface area (Å²) < 4.78 is 1.93. The summed E-state index contributed by atoms with van der Waals surface area (Å²) in [5.41, 5.74) is 4.45. The lowest BCUT2D eigenvalue weighted by molar-refractivity contribution is 0.174. The summed E-state index contributed by atoms with van der Waals surface area (Å²) in [4.78, 5) is 2.09. The molecule has 0 radical (unpaired) electrons. The van der Waals surface area contributed by atoms with Gasteiger partial charge in [0.15, 0.2) is 0 Å². The highest BCUT2D eigenvalue weighted by Gasteiger charge is 2.19. The fourth-order valence-electron chi connectivity index (χ4n) is 3.01. The summed E-state index contributed by atoms with van der Waals surface area (Å²) in [6.07, 6.45) is -0.507. The quantitative estimate of drug-likeness (QED) is 0.820. The number of aliphatic hydroxyl groups excluding tert-OH is 1. The van der Waals surface area contributed by atoms with Crippen LogP contribution in [0.15, 0.2) is 24.3 Å². The zero-order valence-corrected chi connectivity index (χ0v) is 15.7. The molecule has 0 saturated heterocycles. The smallest absolute Gasteiger partial charge is 0.130 e. The van der Waals surface area contributed by atoms with Crippen LogP contribution in [0.25, 0.3) is 0 Å². The Bertz CT molecular complexity index is 659. The van der Waals surface area contributed by atoms with Gasteiger partial charge in [0.05, 0.1) is 11.8 Å². The van der Waals surface area contributed by atoms with Crippen LogP contribution in [-0.4, -0.2) is 35.5 Å². The Kier molecular flexibility index (Phi) is 6.02. The zero-order chi connectivity index (χ0) is 17.9. The van der Waals surface area contributed by atoms with E-state index in [0.29, 0.717) is 19.0 Å². The third-order valence-electron chi connectivity index (χ3n) is 4.22. The van der Waals surface area contributed by atoms with Gasteiger partial charge in [-0.15, -0.1) is 0 Å². The number of rotatable bonds is 7. The van der Waals surface area contributed by atoms with Crippen LogP contribution < -0.4 is 10.2 Å². The summed E-state index contributed by atoms with van der Waals surface area (Å²) >= 11 is 0. The van der Waals surface area contributed by atoms with Crippen LogP contribution in [-0.2, 0) is 13.6 Å². The molecular formula is C19H30N4O. The van der Waals surface area contributed by atoms with E-state index in [4.69, 9.17) is 0 Å². The van der Waals surface area contributed by atoms with E-state index in [9.17, 15) is 5.11 Å². The number of aromatic nitrogens is 2. The lowest BCUT2D eigenvalue weighted by atomic mass is 10.0. The molecule has 2 N–H and O–H groups in total. The number of hydrogen-bond acceptors (Lipinski definition) is 4. The number of hydrogen-bond donors (Lipinski definition) is 2. The van der Waals surface area contributed by atoms with Gasteiger partial charge < -0.3 is 15.3 Å². The van der Waals surface area contributed by atoms with Crippen LogP contribution in [0.2, 0.25) is 0 Å². The van der Waals surface area contributed by atoms with E-state index >= 15 is 0 Å². The van der Waals surface area contributed by atoms with E-state index < -0.39 is 6.10 Å². The average molecular weight is 330 g/mol. The summed E-state index contributed by atoms with van der Waals surface area (Å²) in [5.74, 6) is 1.47. The maximum absolute atomic E-state index is 10.4. The first-order valence-electron chi connectivity index (χ1n) is 8.49. The third kappa shape index (κ3) is 4.16. The van der Waals surface area contributed by atoms with Gasteiger partial charge in [-0.1, -0.05) is 43.7 Å². The molecule has 0 amide bonds. The topological polar surface area (TPSA) is 53.3 Å². The maximum Gasteiger partial charge on any atom is 0.130 e. The molecule has 24 heavy (non-hydrogen) atoms. The molecule has 1 aromatic carbocycles. The molecule has 0 aliphatic rings. The minimum Gasteiger partial charge on any atom is -0.387 e. The van der Waals surface area contributed by atoms with Crippen molar-refractivity contribution in [3.63, 3.8) is 0 Å². The van der Waals surface area contributed by atoms with Crippen molar-refractivity contribution in [3.8, 4) is 0 Å². The number of nitrogens with one attached hydrogen (secondary N) is 1.